The molecule has 0 aromatic heterocycles. The van der Waals surface area contributed by atoms with Crippen LogP contribution in [0.4, 0.5) is 0 Å². The van der Waals surface area contributed by atoms with Crippen LogP contribution >= 0.6 is 0 Å². The molecular weight excluding hydrogens is 526 g/mol. The molecule has 3 unspecified atom stereocenters. The van der Waals surface area contributed by atoms with Crippen molar-refractivity contribution in [3.05, 3.63) is 78.9 Å². The molecular formula is C35H47N3O4. The molecule has 0 radical (unpaired) electrons. The molecule has 2 aromatic carbocycles. The van der Waals surface area contributed by atoms with Crippen molar-refractivity contribution in [3.8, 4) is 5.75 Å². The first kappa shape index (κ1) is 30.3. The SMILES string of the molecule is C=CCN(C(=O)COc1ccccc1)C1CCN(CC2CN(C(C(=O)O)C3CCCCC3)CC2c2ccccc2)CC1. The Kier molecular flexibility index (Phi) is 10.7. The number of nitrogens with zero attached hydrogens (tertiary/aromatic N) is 3. The fourth-order valence-corrected chi connectivity index (χ4v) is 7.58. The first-order valence-corrected chi connectivity index (χ1v) is 15.9. The minimum Gasteiger partial charge on any atom is -0.484 e. The second kappa shape index (κ2) is 14.8. The maximum atomic E-state index is 13.1. The van der Waals surface area contributed by atoms with Crippen molar-refractivity contribution in [2.45, 2.75) is 62.9 Å². The van der Waals surface area contributed by atoms with Crippen LogP contribution in [0.15, 0.2) is 73.3 Å². The van der Waals surface area contributed by atoms with Crippen molar-refractivity contribution in [2.75, 3.05) is 45.9 Å². The summed E-state index contributed by atoms with van der Waals surface area (Å²) >= 11 is 0. The highest BCUT2D eigenvalue weighted by Gasteiger charge is 2.43. The van der Waals surface area contributed by atoms with E-state index in [9.17, 15) is 14.7 Å². The van der Waals surface area contributed by atoms with Gasteiger partial charge in [0.2, 0.25) is 0 Å². The van der Waals surface area contributed by atoms with Gasteiger partial charge in [-0.1, -0.05) is 73.9 Å². The zero-order valence-electron chi connectivity index (χ0n) is 24.9. The van der Waals surface area contributed by atoms with E-state index in [0.717, 1.165) is 71.2 Å². The van der Waals surface area contributed by atoms with Crippen molar-refractivity contribution in [3.63, 3.8) is 0 Å². The van der Waals surface area contributed by atoms with Crippen LogP contribution in [-0.2, 0) is 9.59 Å². The van der Waals surface area contributed by atoms with E-state index in [1.165, 1.54) is 12.0 Å². The summed E-state index contributed by atoms with van der Waals surface area (Å²) in [7, 11) is 0. The molecule has 2 heterocycles. The minimum absolute atomic E-state index is 0.00444. The zero-order chi connectivity index (χ0) is 29.3. The van der Waals surface area contributed by atoms with Gasteiger partial charge in [-0.05, 0) is 55.2 Å². The van der Waals surface area contributed by atoms with E-state index in [0.29, 0.717) is 24.1 Å². The summed E-state index contributed by atoms with van der Waals surface area (Å²) in [5.74, 6) is 0.990. The summed E-state index contributed by atoms with van der Waals surface area (Å²) in [6.07, 6.45) is 9.20. The Morgan fingerprint density at radius 1 is 0.952 bits per heavy atom. The Labute approximate surface area is 251 Å². The molecule has 5 rings (SSSR count). The van der Waals surface area contributed by atoms with Crippen LogP contribution in [-0.4, -0.2) is 89.6 Å². The van der Waals surface area contributed by atoms with E-state index in [1.807, 2.05) is 35.2 Å². The number of piperidine rings is 1. The molecule has 1 aliphatic carbocycles. The van der Waals surface area contributed by atoms with E-state index in [4.69, 9.17) is 4.74 Å². The number of carbonyl (C=O) groups is 2. The fourth-order valence-electron chi connectivity index (χ4n) is 7.58. The molecule has 3 aliphatic rings. The number of benzene rings is 2. The number of hydrogen-bond acceptors (Lipinski definition) is 5. The van der Waals surface area contributed by atoms with Crippen LogP contribution < -0.4 is 4.74 Å². The molecule has 3 atom stereocenters. The Morgan fingerprint density at radius 2 is 1.62 bits per heavy atom. The standard InChI is InChI=1S/C35H47N3O4/c1-2-20-38(33(39)26-42-31-16-10-5-11-17-31)30-18-21-36(22-19-30)23-29-24-37(25-32(29)27-12-6-3-7-13-27)34(35(40)41)28-14-8-4-9-15-28/h2-3,5-7,10-13,16-17,28-30,32,34H,1,4,8-9,14-15,18-26H2,(H,40,41). The van der Waals surface area contributed by atoms with Crippen molar-refractivity contribution in [1.29, 1.82) is 0 Å². The molecule has 42 heavy (non-hydrogen) atoms. The molecule has 2 aromatic rings. The third kappa shape index (κ3) is 7.61. The van der Waals surface area contributed by atoms with Gasteiger partial charge in [-0.25, -0.2) is 0 Å². The fraction of sp³-hybridized carbons (Fsp3) is 0.543. The molecule has 0 spiro atoms. The second-order valence-electron chi connectivity index (χ2n) is 12.4. The molecule has 226 valence electrons. The zero-order valence-corrected chi connectivity index (χ0v) is 24.9. The van der Waals surface area contributed by atoms with E-state index >= 15 is 0 Å². The van der Waals surface area contributed by atoms with Crippen LogP contribution in [0.2, 0.25) is 0 Å². The molecule has 1 saturated carbocycles. The summed E-state index contributed by atoms with van der Waals surface area (Å²) in [5.41, 5.74) is 1.31. The van der Waals surface area contributed by atoms with Gasteiger partial charge in [0.05, 0.1) is 0 Å². The average molecular weight is 574 g/mol. The van der Waals surface area contributed by atoms with Crippen molar-refractivity contribution >= 4 is 11.9 Å². The molecule has 7 nitrogen and oxygen atoms in total. The Morgan fingerprint density at radius 3 is 2.26 bits per heavy atom. The molecule has 0 bridgehead atoms. The minimum atomic E-state index is -0.654. The smallest absolute Gasteiger partial charge is 0.321 e. The number of ether oxygens (including phenoxy) is 1. The number of amides is 1. The number of carbonyl (C=O) groups excluding carboxylic acids is 1. The summed E-state index contributed by atoms with van der Waals surface area (Å²) in [4.78, 5) is 32.5. The molecule has 1 N–H and O–H groups in total. The summed E-state index contributed by atoms with van der Waals surface area (Å²) in [6.45, 7) is 8.87. The van der Waals surface area contributed by atoms with Crippen LogP contribution in [0.1, 0.15) is 56.4 Å². The summed E-state index contributed by atoms with van der Waals surface area (Å²) < 4.78 is 5.76. The number of hydrogen-bond donors (Lipinski definition) is 1. The van der Waals surface area contributed by atoms with Gasteiger partial charge in [0.15, 0.2) is 6.61 Å². The molecule has 7 heteroatoms. The van der Waals surface area contributed by atoms with Gasteiger partial charge >= 0.3 is 5.97 Å². The predicted octanol–water partition coefficient (Wildman–Crippen LogP) is 5.29. The molecule has 1 amide bonds. The highest BCUT2D eigenvalue weighted by molar-refractivity contribution is 5.78. The lowest BCUT2D eigenvalue weighted by molar-refractivity contribution is -0.145. The lowest BCUT2D eigenvalue weighted by Crippen LogP contribution is -2.50. The van der Waals surface area contributed by atoms with E-state index in [-0.39, 0.29) is 30.5 Å². The number of rotatable bonds is 12. The molecule has 3 fully saturated rings. The summed E-state index contributed by atoms with van der Waals surface area (Å²) in [6, 6.07) is 19.9. The highest BCUT2D eigenvalue weighted by atomic mass is 16.5. The largest absolute Gasteiger partial charge is 0.484 e. The van der Waals surface area contributed by atoms with E-state index in [2.05, 4.69) is 46.7 Å². The van der Waals surface area contributed by atoms with Gasteiger partial charge in [-0.15, -0.1) is 6.58 Å². The highest BCUT2D eigenvalue weighted by Crippen LogP contribution is 2.38. The molecule has 2 saturated heterocycles. The van der Waals surface area contributed by atoms with Gasteiger partial charge in [0, 0.05) is 51.2 Å². The third-order valence-electron chi connectivity index (χ3n) is 9.68. The first-order chi connectivity index (χ1) is 20.5. The van der Waals surface area contributed by atoms with Gasteiger partial charge in [-0.3, -0.25) is 14.5 Å². The van der Waals surface area contributed by atoms with Gasteiger partial charge in [0.1, 0.15) is 11.8 Å². The van der Waals surface area contributed by atoms with Crippen molar-refractivity contribution < 1.29 is 19.4 Å². The Hall–Kier alpha value is -3.16. The van der Waals surface area contributed by atoms with E-state index in [1.54, 1.807) is 6.08 Å². The normalized spacial score (nSPS) is 23.3. The maximum Gasteiger partial charge on any atom is 0.321 e. The van der Waals surface area contributed by atoms with E-state index < -0.39 is 5.97 Å². The van der Waals surface area contributed by atoms with Gasteiger partial charge < -0.3 is 19.6 Å². The quantitative estimate of drug-likeness (QED) is 0.348. The lowest BCUT2D eigenvalue weighted by atomic mass is 9.83. The number of likely N-dealkylation sites (tertiary alicyclic amines) is 2. The van der Waals surface area contributed by atoms with Crippen LogP contribution in [0.3, 0.4) is 0 Å². The Bertz CT molecular complexity index is 1150. The lowest BCUT2D eigenvalue weighted by Gasteiger charge is -2.39. The second-order valence-corrected chi connectivity index (χ2v) is 12.4. The van der Waals surface area contributed by atoms with Crippen LogP contribution in [0.5, 0.6) is 5.75 Å². The van der Waals surface area contributed by atoms with Crippen molar-refractivity contribution in [2.24, 2.45) is 11.8 Å². The van der Waals surface area contributed by atoms with Crippen molar-refractivity contribution in [1.82, 2.24) is 14.7 Å². The van der Waals surface area contributed by atoms with Crippen LogP contribution in [0, 0.1) is 11.8 Å². The first-order valence-electron chi connectivity index (χ1n) is 15.9. The number of para-hydroxylation sites is 1. The number of aliphatic carboxylic acids is 1. The summed E-state index contributed by atoms with van der Waals surface area (Å²) in [5, 5.41) is 10.3. The number of carboxylic acid groups (broad SMARTS) is 1. The topological polar surface area (TPSA) is 73.3 Å². The number of carboxylic acids is 1. The van der Waals surface area contributed by atoms with Crippen LogP contribution in [0.25, 0.3) is 0 Å². The monoisotopic (exact) mass is 573 g/mol. The Balaban J connectivity index is 1.21. The van der Waals surface area contributed by atoms with Gasteiger partial charge in [0.25, 0.3) is 5.91 Å². The molecule has 2 aliphatic heterocycles. The average Bonchev–Trinajstić information content (AvgIpc) is 3.43. The van der Waals surface area contributed by atoms with Gasteiger partial charge in [-0.2, -0.15) is 0 Å². The maximum absolute atomic E-state index is 13.1. The third-order valence-corrected chi connectivity index (χ3v) is 9.68. The predicted molar refractivity (Wildman–Crippen MR) is 166 cm³/mol.